The molecule has 1 fully saturated rings. The van der Waals surface area contributed by atoms with Gasteiger partial charge in [0.15, 0.2) is 15.4 Å². The monoisotopic (exact) mass is 340 g/mol. The molecule has 118 valence electrons. The van der Waals surface area contributed by atoms with E-state index in [0.29, 0.717) is 17.2 Å². The van der Waals surface area contributed by atoms with Crippen LogP contribution in [-0.2, 0) is 14.6 Å². The van der Waals surface area contributed by atoms with E-state index in [0.717, 1.165) is 5.52 Å². The van der Waals surface area contributed by atoms with Gasteiger partial charge in [-0.15, -0.1) is 0 Å². The first-order valence-corrected chi connectivity index (χ1v) is 9.66. The lowest BCUT2D eigenvalue weighted by Crippen LogP contribution is -2.39. The molecule has 22 heavy (non-hydrogen) atoms. The molecule has 1 saturated heterocycles. The van der Waals surface area contributed by atoms with Gasteiger partial charge in [0.2, 0.25) is 5.91 Å². The van der Waals surface area contributed by atoms with Crippen LogP contribution in [0.15, 0.2) is 33.9 Å². The van der Waals surface area contributed by atoms with E-state index in [4.69, 9.17) is 4.42 Å². The Balaban J connectivity index is 1.61. The topological polar surface area (TPSA) is 89.3 Å². The number of carbonyl (C=O) groups is 1. The van der Waals surface area contributed by atoms with Crippen molar-refractivity contribution in [3.63, 3.8) is 0 Å². The van der Waals surface area contributed by atoms with Crippen LogP contribution >= 0.6 is 11.8 Å². The maximum Gasteiger partial charge on any atom is 0.257 e. The summed E-state index contributed by atoms with van der Waals surface area (Å²) in [7, 11) is -3.00. The highest BCUT2D eigenvalue weighted by Gasteiger charge is 2.30. The van der Waals surface area contributed by atoms with E-state index < -0.39 is 15.1 Å². The summed E-state index contributed by atoms with van der Waals surface area (Å²) < 4.78 is 28.4. The molecule has 6 nitrogen and oxygen atoms in total. The number of nitrogens with one attached hydrogen (secondary N) is 1. The average Bonchev–Trinajstić information content (AvgIpc) is 3.00. The lowest BCUT2D eigenvalue weighted by atomic mass is 10.2. The Morgan fingerprint density at radius 1 is 1.45 bits per heavy atom. The molecule has 0 bridgehead atoms. The minimum absolute atomic E-state index is 0.0268. The largest absolute Gasteiger partial charge is 0.431 e. The van der Waals surface area contributed by atoms with E-state index in [9.17, 15) is 13.2 Å². The molecule has 2 heterocycles. The highest BCUT2D eigenvalue weighted by atomic mass is 32.2. The molecule has 1 aliphatic rings. The predicted molar refractivity (Wildman–Crippen MR) is 84.5 cm³/mol. The van der Waals surface area contributed by atoms with Crippen molar-refractivity contribution in [2.24, 2.45) is 0 Å². The Labute approximate surface area is 132 Å². The predicted octanol–water partition coefficient (Wildman–Crippen LogP) is 1.61. The van der Waals surface area contributed by atoms with Gasteiger partial charge in [0.25, 0.3) is 5.22 Å². The minimum Gasteiger partial charge on any atom is -0.431 e. The number of rotatable bonds is 4. The van der Waals surface area contributed by atoms with Gasteiger partial charge in [-0.25, -0.2) is 13.4 Å². The third-order valence-corrected chi connectivity index (χ3v) is 6.21. The summed E-state index contributed by atoms with van der Waals surface area (Å²) in [5.74, 6) is -0.0294. The van der Waals surface area contributed by atoms with Gasteiger partial charge in [0.05, 0.1) is 16.8 Å². The van der Waals surface area contributed by atoms with E-state index >= 15 is 0 Å². The van der Waals surface area contributed by atoms with Crippen molar-refractivity contribution < 1.29 is 17.6 Å². The van der Waals surface area contributed by atoms with Crippen LogP contribution in [0.5, 0.6) is 0 Å². The number of oxazole rings is 1. The average molecular weight is 340 g/mol. The normalized spacial score (nSPS) is 21.8. The number of thioether (sulfide) groups is 1. The molecule has 0 radical (unpaired) electrons. The highest BCUT2D eigenvalue weighted by Crippen LogP contribution is 2.26. The van der Waals surface area contributed by atoms with Crippen LogP contribution in [0.3, 0.4) is 0 Å². The van der Waals surface area contributed by atoms with Crippen molar-refractivity contribution in [2.45, 2.75) is 29.9 Å². The summed E-state index contributed by atoms with van der Waals surface area (Å²) >= 11 is 1.22. The van der Waals surface area contributed by atoms with Gasteiger partial charge in [-0.3, -0.25) is 4.79 Å². The number of amides is 1. The van der Waals surface area contributed by atoms with E-state index in [2.05, 4.69) is 10.3 Å². The SMILES string of the molecule is CC(Sc1nc2ccccc2o1)C(=O)NC1CCS(=O)(=O)C1. The number of hydrogen-bond donors (Lipinski definition) is 1. The number of aromatic nitrogens is 1. The molecule has 2 aromatic rings. The van der Waals surface area contributed by atoms with Crippen molar-refractivity contribution in [1.29, 1.82) is 0 Å². The summed E-state index contributed by atoms with van der Waals surface area (Å²) in [4.78, 5) is 16.4. The summed E-state index contributed by atoms with van der Waals surface area (Å²) in [5.41, 5.74) is 1.43. The first-order chi connectivity index (χ1) is 10.4. The summed E-state index contributed by atoms with van der Waals surface area (Å²) in [5, 5.41) is 2.81. The molecule has 0 spiro atoms. The second-order valence-corrected chi connectivity index (χ2v) is 8.84. The number of fused-ring (bicyclic) bond motifs is 1. The molecule has 3 rings (SSSR count). The Bertz CT molecular complexity index is 767. The molecule has 0 aliphatic carbocycles. The summed E-state index contributed by atoms with van der Waals surface area (Å²) in [6.07, 6.45) is 0.481. The van der Waals surface area contributed by atoms with Crippen LogP contribution in [-0.4, -0.2) is 42.1 Å². The van der Waals surface area contributed by atoms with Gasteiger partial charge in [0.1, 0.15) is 5.52 Å². The van der Waals surface area contributed by atoms with Crippen LogP contribution in [0.2, 0.25) is 0 Å². The van der Waals surface area contributed by atoms with E-state index in [1.165, 1.54) is 11.8 Å². The fraction of sp³-hybridized carbons (Fsp3) is 0.429. The molecule has 1 aliphatic heterocycles. The number of carbonyl (C=O) groups excluding carboxylic acids is 1. The number of nitrogens with zero attached hydrogens (tertiary/aromatic N) is 1. The van der Waals surface area contributed by atoms with Crippen LogP contribution < -0.4 is 5.32 Å². The maximum atomic E-state index is 12.1. The maximum absolute atomic E-state index is 12.1. The van der Waals surface area contributed by atoms with E-state index in [1.54, 1.807) is 6.92 Å². The Morgan fingerprint density at radius 3 is 2.91 bits per heavy atom. The van der Waals surface area contributed by atoms with Crippen molar-refractivity contribution in [2.75, 3.05) is 11.5 Å². The van der Waals surface area contributed by atoms with Crippen LogP contribution in [0.4, 0.5) is 0 Å². The molecular formula is C14H16N2O4S2. The molecule has 1 aromatic carbocycles. The van der Waals surface area contributed by atoms with Gasteiger partial charge >= 0.3 is 0 Å². The fourth-order valence-corrected chi connectivity index (χ4v) is 4.77. The lowest BCUT2D eigenvalue weighted by molar-refractivity contribution is -0.120. The summed E-state index contributed by atoms with van der Waals surface area (Å²) in [6.45, 7) is 1.75. The van der Waals surface area contributed by atoms with Crippen LogP contribution in [0.25, 0.3) is 11.1 Å². The van der Waals surface area contributed by atoms with Gasteiger partial charge in [-0.05, 0) is 25.5 Å². The third-order valence-electron chi connectivity index (χ3n) is 3.50. The lowest BCUT2D eigenvalue weighted by Gasteiger charge is -2.14. The highest BCUT2D eigenvalue weighted by molar-refractivity contribution is 8.00. The molecule has 1 aromatic heterocycles. The molecule has 1 amide bonds. The zero-order valence-corrected chi connectivity index (χ0v) is 13.6. The number of sulfone groups is 1. The Kier molecular flexibility index (Phi) is 4.14. The van der Waals surface area contributed by atoms with Gasteiger partial charge < -0.3 is 9.73 Å². The Morgan fingerprint density at radius 2 is 2.23 bits per heavy atom. The van der Waals surface area contributed by atoms with E-state index in [-0.39, 0.29) is 23.5 Å². The molecule has 1 N–H and O–H groups in total. The molecule has 2 atom stereocenters. The third kappa shape index (κ3) is 3.44. The van der Waals surface area contributed by atoms with Crippen LogP contribution in [0.1, 0.15) is 13.3 Å². The van der Waals surface area contributed by atoms with Gasteiger partial charge in [-0.1, -0.05) is 23.9 Å². The summed E-state index contributed by atoms with van der Waals surface area (Å²) in [6, 6.07) is 7.11. The standard InChI is InChI=1S/C14H16N2O4S2/c1-9(13(17)15-10-6-7-22(18,19)8-10)21-14-16-11-4-2-3-5-12(11)20-14/h2-5,9-10H,6-8H2,1H3,(H,15,17). The van der Waals surface area contributed by atoms with Crippen molar-refractivity contribution >= 4 is 38.6 Å². The van der Waals surface area contributed by atoms with Crippen molar-refractivity contribution in [1.82, 2.24) is 10.3 Å². The number of para-hydroxylation sites is 2. The zero-order valence-electron chi connectivity index (χ0n) is 12.0. The number of benzene rings is 1. The zero-order chi connectivity index (χ0) is 15.7. The van der Waals surface area contributed by atoms with Crippen molar-refractivity contribution in [3.05, 3.63) is 24.3 Å². The second kappa shape index (κ2) is 5.92. The molecule has 8 heteroatoms. The quantitative estimate of drug-likeness (QED) is 0.851. The van der Waals surface area contributed by atoms with E-state index in [1.807, 2.05) is 24.3 Å². The van der Waals surface area contributed by atoms with Gasteiger partial charge in [-0.2, -0.15) is 0 Å². The first kappa shape index (κ1) is 15.4. The second-order valence-electron chi connectivity index (χ2n) is 5.32. The molecular weight excluding hydrogens is 324 g/mol. The van der Waals surface area contributed by atoms with Crippen molar-refractivity contribution in [3.8, 4) is 0 Å². The number of hydrogen-bond acceptors (Lipinski definition) is 6. The Hall–Kier alpha value is -1.54. The molecule has 2 unspecified atom stereocenters. The minimum atomic E-state index is -3.00. The molecule has 0 saturated carbocycles. The fourth-order valence-electron chi connectivity index (χ4n) is 2.33. The van der Waals surface area contributed by atoms with Crippen LogP contribution in [0, 0.1) is 0 Å². The first-order valence-electron chi connectivity index (χ1n) is 6.96. The smallest absolute Gasteiger partial charge is 0.257 e. The van der Waals surface area contributed by atoms with Gasteiger partial charge in [0, 0.05) is 6.04 Å².